The molecule has 27 heavy (non-hydrogen) atoms. The van der Waals surface area contributed by atoms with Gasteiger partial charge in [-0.1, -0.05) is 13.0 Å². The molecule has 1 aliphatic rings. The fourth-order valence-electron chi connectivity index (χ4n) is 3.15. The second-order valence-electron chi connectivity index (χ2n) is 7.07. The number of hydrogen-bond acceptors (Lipinski definition) is 3. The molecule has 1 N–H and O–H groups in total. The van der Waals surface area contributed by atoms with Crippen LogP contribution >= 0.6 is 0 Å². The summed E-state index contributed by atoms with van der Waals surface area (Å²) in [5.41, 5.74) is 1.30. The first-order chi connectivity index (χ1) is 12.8. The van der Waals surface area contributed by atoms with E-state index in [4.69, 9.17) is 0 Å². The third kappa shape index (κ3) is 4.47. The minimum absolute atomic E-state index is 0.0442. The Labute approximate surface area is 159 Å². The SMILES string of the molecule is Cc1ccc(F)cc1S(=O)(=O)Nc1ccc(C(=O)N2CCC(C)CC2)cc1. The van der Waals surface area contributed by atoms with Crippen molar-refractivity contribution in [3.63, 3.8) is 0 Å². The van der Waals surface area contributed by atoms with Crippen LogP contribution in [-0.4, -0.2) is 32.3 Å². The first-order valence-corrected chi connectivity index (χ1v) is 10.4. The lowest BCUT2D eigenvalue weighted by Crippen LogP contribution is -2.37. The first-order valence-electron chi connectivity index (χ1n) is 8.94. The molecule has 7 heteroatoms. The summed E-state index contributed by atoms with van der Waals surface area (Å²) >= 11 is 0. The van der Waals surface area contributed by atoms with Crippen LogP contribution in [-0.2, 0) is 10.0 Å². The highest BCUT2D eigenvalue weighted by atomic mass is 32.2. The predicted octanol–water partition coefficient (Wildman–Crippen LogP) is 3.81. The van der Waals surface area contributed by atoms with E-state index in [1.165, 1.54) is 12.1 Å². The maximum Gasteiger partial charge on any atom is 0.262 e. The van der Waals surface area contributed by atoms with E-state index in [2.05, 4.69) is 11.6 Å². The summed E-state index contributed by atoms with van der Waals surface area (Å²) in [6.07, 6.45) is 1.99. The number of piperidine rings is 1. The number of carbonyl (C=O) groups is 1. The van der Waals surface area contributed by atoms with Gasteiger partial charge in [0.2, 0.25) is 0 Å². The van der Waals surface area contributed by atoms with Crippen LogP contribution in [0.4, 0.5) is 10.1 Å². The first kappa shape index (κ1) is 19.4. The average molecular weight is 390 g/mol. The fraction of sp³-hybridized carbons (Fsp3) is 0.350. The van der Waals surface area contributed by atoms with Crippen molar-refractivity contribution in [3.05, 3.63) is 59.4 Å². The molecule has 1 fully saturated rings. The molecule has 0 radical (unpaired) electrons. The van der Waals surface area contributed by atoms with Gasteiger partial charge in [-0.3, -0.25) is 9.52 Å². The number of halogens is 1. The predicted molar refractivity (Wildman–Crippen MR) is 103 cm³/mol. The van der Waals surface area contributed by atoms with Crippen molar-refractivity contribution in [3.8, 4) is 0 Å². The van der Waals surface area contributed by atoms with E-state index in [0.717, 1.165) is 32.0 Å². The highest BCUT2D eigenvalue weighted by Gasteiger charge is 2.22. The summed E-state index contributed by atoms with van der Waals surface area (Å²) in [5, 5.41) is 0. The van der Waals surface area contributed by atoms with E-state index < -0.39 is 15.8 Å². The zero-order valence-electron chi connectivity index (χ0n) is 15.4. The van der Waals surface area contributed by atoms with Gasteiger partial charge in [0.15, 0.2) is 0 Å². The van der Waals surface area contributed by atoms with Crippen molar-refractivity contribution >= 4 is 21.6 Å². The Kier molecular flexibility index (Phi) is 5.51. The molecule has 0 unspecified atom stereocenters. The number of carbonyl (C=O) groups excluding carboxylic acids is 1. The van der Waals surface area contributed by atoms with Crippen molar-refractivity contribution in [1.29, 1.82) is 0 Å². The average Bonchev–Trinajstić information content (AvgIpc) is 2.64. The van der Waals surface area contributed by atoms with Gasteiger partial charge in [-0.2, -0.15) is 0 Å². The lowest BCUT2D eigenvalue weighted by atomic mass is 9.98. The number of hydrogen-bond donors (Lipinski definition) is 1. The Morgan fingerprint density at radius 3 is 2.37 bits per heavy atom. The van der Waals surface area contributed by atoms with Crippen LogP contribution in [0.25, 0.3) is 0 Å². The number of benzene rings is 2. The van der Waals surface area contributed by atoms with Gasteiger partial charge in [0.1, 0.15) is 5.82 Å². The van der Waals surface area contributed by atoms with Crippen molar-refractivity contribution < 1.29 is 17.6 Å². The maximum atomic E-state index is 13.4. The Balaban J connectivity index is 1.74. The van der Waals surface area contributed by atoms with Crippen molar-refractivity contribution in [2.45, 2.75) is 31.6 Å². The number of likely N-dealkylation sites (tertiary alicyclic amines) is 1. The van der Waals surface area contributed by atoms with Gasteiger partial charge in [0.05, 0.1) is 4.90 Å². The molecule has 144 valence electrons. The quantitative estimate of drug-likeness (QED) is 0.863. The van der Waals surface area contributed by atoms with Crippen molar-refractivity contribution in [2.75, 3.05) is 17.8 Å². The topological polar surface area (TPSA) is 66.5 Å². The number of nitrogens with zero attached hydrogens (tertiary/aromatic N) is 1. The molecule has 1 amide bonds. The lowest BCUT2D eigenvalue weighted by molar-refractivity contribution is 0.0697. The van der Waals surface area contributed by atoms with Crippen LogP contribution in [0.2, 0.25) is 0 Å². The molecule has 5 nitrogen and oxygen atoms in total. The fourth-order valence-corrected chi connectivity index (χ4v) is 4.46. The van der Waals surface area contributed by atoms with Crippen LogP contribution in [0.5, 0.6) is 0 Å². The molecule has 1 aliphatic heterocycles. The van der Waals surface area contributed by atoms with E-state index in [-0.39, 0.29) is 10.8 Å². The van der Waals surface area contributed by atoms with Gasteiger partial charge in [-0.05, 0) is 67.6 Å². The number of sulfonamides is 1. The third-order valence-corrected chi connectivity index (χ3v) is 6.42. The minimum atomic E-state index is -3.91. The number of nitrogens with one attached hydrogen (secondary N) is 1. The molecule has 2 aromatic carbocycles. The van der Waals surface area contributed by atoms with Gasteiger partial charge in [-0.15, -0.1) is 0 Å². The Morgan fingerprint density at radius 2 is 1.74 bits per heavy atom. The van der Waals surface area contributed by atoms with E-state index in [1.807, 2.05) is 4.90 Å². The highest BCUT2D eigenvalue weighted by Crippen LogP contribution is 2.22. The molecule has 1 heterocycles. The highest BCUT2D eigenvalue weighted by molar-refractivity contribution is 7.92. The van der Waals surface area contributed by atoms with Gasteiger partial charge < -0.3 is 4.90 Å². The van der Waals surface area contributed by atoms with Gasteiger partial charge >= 0.3 is 0 Å². The maximum absolute atomic E-state index is 13.4. The molecule has 0 atom stereocenters. The standard InChI is InChI=1S/C20H23FN2O3S/c1-14-9-11-23(12-10-14)20(24)16-4-7-18(8-5-16)22-27(25,26)19-13-17(21)6-3-15(19)2/h3-8,13-14,22H,9-12H2,1-2H3. The number of aryl methyl sites for hydroxylation is 1. The van der Waals surface area contributed by atoms with E-state index >= 15 is 0 Å². The molecular weight excluding hydrogens is 367 g/mol. The molecule has 0 aliphatic carbocycles. The third-order valence-electron chi connectivity index (χ3n) is 4.89. The summed E-state index contributed by atoms with van der Waals surface area (Å²) in [6.45, 7) is 5.28. The normalized spacial score (nSPS) is 15.6. The molecule has 0 saturated carbocycles. The van der Waals surface area contributed by atoms with Crippen molar-refractivity contribution in [2.24, 2.45) is 5.92 Å². The van der Waals surface area contributed by atoms with E-state index in [0.29, 0.717) is 22.7 Å². The molecule has 0 aromatic heterocycles. The van der Waals surface area contributed by atoms with Gasteiger partial charge in [-0.25, -0.2) is 12.8 Å². The zero-order valence-corrected chi connectivity index (χ0v) is 16.2. The smallest absolute Gasteiger partial charge is 0.262 e. The number of amides is 1. The van der Waals surface area contributed by atoms with Crippen LogP contribution in [0.3, 0.4) is 0 Å². The summed E-state index contributed by atoms with van der Waals surface area (Å²) in [4.78, 5) is 14.3. The summed E-state index contributed by atoms with van der Waals surface area (Å²) in [7, 11) is -3.91. The summed E-state index contributed by atoms with van der Waals surface area (Å²) in [5.74, 6) is -0.0211. The molecule has 3 rings (SSSR count). The molecule has 2 aromatic rings. The van der Waals surface area contributed by atoms with Crippen LogP contribution in [0.1, 0.15) is 35.7 Å². The van der Waals surface area contributed by atoms with E-state index in [1.54, 1.807) is 31.2 Å². The molecular formula is C20H23FN2O3S. The zero-order chi connectivity index (χ0) is 19.6. The van der Waals surface area contributed by atoms with Gasteiger partial charge in [0.25, 0.3) is 15.9 Å². The van der Waals surface area contributed by atoms with E-state index in [9.17, 15) is 17.6 Å². The van der Waals surface area contributed by atoms with Crippen LogP contribution in [0.15, 0.2) is 47.4 Å². The molecule has 1 saturated heterocycles. The van der Waals surface area contributed by atoms with Crippen LogP contribution < -0.4 is 4.72 Å². The second kappa shape index (κ2) is 7.68. The van der Waals surface area contributed by atoms with Gasteiger partial charge in [0, 0.05) is 24.3 Å². The summed E-state index contributed by atoms with van der Waals surface area (Å²) < 4.78 is 40.9. The Hall–Kier alpha value is -2.41. The Bertz CT molecular complexity index is 934. The molecule has 0 spiro atoms. The second-order valence-corrected chi connectivity index (χ2v) is 8.72. The number of rotatable bonds is 4. The number of anilines is 1. The monoisotopic (exact) mass is 390 g/mol. The van der Waals surface area contributed by atoms with Crippen molar-refractivity contribution in [1.82, 2.24) is 4.90 Å². The largest absolute Gasteiger partial charge is 0.339 e. The minimum Gasteiger partial charge on any atom is -0.339 e. The molecule has 0 bridgehead atoms. The Morgan fingerprint density at radius 1 is 1.11 bits per heavy atom. The van der Waals surface area contributed by atoms with Crippen LogP contribution in [0, 0.1) is 18.7 Å². The summed E-state index contributed by atoms with van der Waals surface area (Å²) in [6, 6.07) is 9.94. The lowest BCUT2D eigenvalue weighted by Gasteiger charge is -2.30.